The number of aromatic nitrogens is 1. The van der Waals surface area contributed by atoms with E-state index in [1.54, 1.807) is 13.3 Å². The number of esters is 1. The van der Waals surface area contributed by atoms with Gasteiger partial charge < -0.3 is 9.47 Å². The molecule has 4 heterocycles. The largest absolute Gasteiger partial charge is 0.497 e. The molecule has 6 heteroatoms. The van der Waals surface area contributed by atoms with Crippen LogP contribution in [-0.2, 0) is 9.53 Å². The van der Waals surface area contributed by atoms with Crippen LogP contribution < -0.4 is 4.74 Å². The Labute approximate surface area is 178 Å². The van der Waals surface area contributed by atoms with Crippen molar-refractivity contribution in [3.8, 4) is 15.6 Å². The lowest BCUT2D eigenvalue weighted by atomic mass is 9.74. The Balaban J connectivity index is 1.75. The van der Waals surface area contributed by atoms with Crippen LogP contribution in [0.1, 0.15) is 31.4 Å². The maximum Gasteiger partial charge on any atom is 0.303 e. The van der Waals surface area contributed by atoms with E-state index in [1.165, 1.54) is 6.92 Å². The number of fused-ring (bicyclic) bond motifs is 4. The molecule has 3 fully saturated rings. The summed E-state index contributed by atoms with van der Waals surface area (Å²) in [6.45, 7) is 3.45. The van der Waals surface area contributed by atoms with Crippen molar-refractivity contribution in [1.82, 2.24) is 9.88 Å². The number of rotatable bonds is 4. The van der Waals surface area contributed by atoms with E-state index in [0.717, 1.165) is 48.1 Å². The third-order valence-corrected chi connectivity index (χ3v) is 6.28. The Kier molecular flexibility index (Phi) is 5.74. The fourth-order valence-electron chi connectivity index (χ4n) is 4.67. The van der Waals surface area contributed by atoms with Crippen LogP contribution in [0.25, 0.3) is 10.9 Å². The van der Waals surface area contributed by atoms with Crippen LogP contribution in [-0.4, -0.2) is 42.1 Å². The van der Waals surface area contributed by atoms with Gasteiger partial charge in [0.15, 0.2) is 0 Å². The number of benzene rings is 1. The van der Waals surface area contributed by atoms with Gasteiger partial charge >= 0.3 is 5.97 Å². The second-order valence-corrected chi connectivity index (χ2v) is 8.04. The lowest BCUT2D eigenvalue weighted by Crippen LogP contribution is -2.55. The second-order valence-electron chi connectivity index (χ2n) is 7.51. The molecule has 2 bridgehead atoms. The molecule has 1 aromatic carbocycles. The third-order valence-electron chi connectivity index (χ3n) is 5.97. The van der Waals surface area contributed by atoms with Gasteiger partial charge in [0.1, 0.15) is 11.9 Å². The Morgan fingerprint density at radius 2 is 2.25 bits per heavy atom. The van der Waals surface area contributed by atoms with Crippen molar-refractivity contribution in [2.75, 3.05) is 20.2 Å². The van der Waals surface area contributed by atoms with Crippen LogP contribution in [0.5, 0.6) is 5.75 Å². The predicted molar refractivity (Wildman–Crippen MR) is 116 cm³/mol. The molecule has 28 heavy (non-hydrogen) atoms. The number of halogens is 1. The first kappa shape index (κ1) is 19.5. The Morgan fingerprint density at radius 3 is 2.93 bits per heavy atom. The van der Waals surface area contributed by atoms with Crippen LogP contribution in [0, 0.1) is 21.7 Å². The molecule has 1 aromatic heterocycles. The summed E-state index contributed by atoms with van der Waals surface area (Å²) in [5.41, 5.74) is 1.87. The molecule has 0 amide bonds. The number of hydrogen-bond acceptors (Lipinski definition) is 5. The van der Waals surface area contributed by atoms with Crippen molar-refractivity contribution in [3.05, 3.63) is 36.0 Å². The van der Waals surface area contributed by atoms with E-state index in [2.05, 4.69) is 42.3 Å². The lowest BCUT2D eigenvalue weighted by molar-refractivity contribution is -0.154. The minimum atomic E-state index is -0.327. The van der Waals surface area contributed by atoms with E-state index in [4.69, 9.17) is 9.47 Å². The molecule has 3 aliphatic rings. The predicted octanol–water partition coefficient (Wildman–Crippen LogP) is 3.95. The molecular formula is C22H23IN2O3. The lowest BCUT2D eigenvalue weighted by Gasteiger charge is -2.50. The van der Waals surface area contributed by atoms with Gasteiger partial charge in [-0.25, -0.2) is 0 Å². The number of hydrogen-bond donors (Lipinski definition) is 0. The SMILES string of the molecule is COc1ccc2nccc([C@H](OC(C)=O)[C@H]3C[C@@H]4CCN3C[C@@H]4C#CI)c2c1. The van der Waals surface area contributed by atoms with Gasteiger partial charge in [-0.2, -0.15) is 0 Å². The molecule has 0 saturated carbocycles. The monoisotopic (exact) mass is 490 g/mol. The minimum absolute atomic E-state index is 0.159. The van der Waals surface area contributed by atoms with Crippen LogP contribution in [0.3, 0.4) is 0 Å². The molecule has 0 radical (unpaired) electrons. The van der Waals surface area contributed by atoms with Crippen molar-refractivity contribution in [3.63, 3.8) is 0 Å². The van der Waals surface area contributed by atoms with Gasteiger partial charge in [-0.05, 0) is 53.5 Å². The van der Waals surface area contributed by atoms with Crippen LogP contribution in [0.15, 0.2) is 30.5 Å². The molecule has 0 N–H and O–H groups in total. The van der Waals surface area contributed by atoms with Gasteiger partial charge in [-0.3, -0.25) is 14.7 Å². The Hall–Kier alpha value is -1.85. The van der Waals surface area contributed by atoms with Crippen molar-refractivity contribution < 1.29 is 14.3 Å². The van der Waals surface area contributed by atoms with Crippen molar-refractivity contribution in [1.29, 1.82) is 0 Å². The van der Waals surface area contributed by atoms with E-state index >= 15 is 0 Å². The first-order valence-electron chi connectivity index (χ1n) is 9.55. The van der Waals surface area contributed by atoms with Crippen LogP contribution in [0.2, 0.25) is 0 Å². The highest BCUT2D eigenvalue weighted by molar-refractivity contribution is 14.1. The highest BCUT2D eigenvalue weighted by atomic mass is 127. The second kappa shape index (κ2) is 8.26. The van der Waals surface area contributed by atoms with Crippen LogP contribution >= 0.6 is 22.6 Å². The standard InChI is InChI=1S/C22H23IN2O3/c1-14(26)28-22(21-11-15-7-10-25(21)13-16(15)5-8-23)18-6-9-24-20-4-3-17(27-2)12-19(18)20/h3-4,6,9,12,15-16,21-22H,7,10-11,13H2,1-2H3/t15-,16-,21+,22-/m0/s1. The van der Waals surface area contributed by atoms with Gasteiger partial charge in [-0.15, -0.1) is 0 Å². The third kappa shape index (κ3) is 3.70. The molecule has 1 unspecified atom stereocenters. The quantitative estimate of drug-likeness (QED) is 0.369. The summed E-state index contributed by atoms with van der Waals surface area (Å²) >= 11 is 2.12. The topological polar surface area (TPSA) is 51.7 Å². The Bertz CT molecular complexity index is 952. The average molecular weight is 490 g/mol. The molecule has 0 aliphatic carbocycles. The number of carbonyl (C=O) groups is 1. The first-order chi connectivity index (χ1) is 13.6. The summed E-state index contributed by atoms with van der Waals surface area (Å²) in [6.07, 6.45) is 3.61. The van der Waals surface area contributed by atoms with E-state index in [-0.39, 0.29) is 18.1 Å². The molecule has 3 aliphatic heterocycles. The summed E-state index contributed by atoms with van der Waals surface area (Å²) in [5, 5.41) is 0.972. The summed E-state index contributed by atoms with van der Waals surface area (Å²) in [7, 11) is 1.65. The number of methoxy groups -OCH3 is 1. The zero-order chi connectivity index (χ0) is 19.7. The van der Waals surface area contributed by atoms with Crippen LogP contribution in [0.4, 0.5) is 0 Å². The fraction of sp³-hybridized carbons (Fsp3) is 0.455. The van der Waals surface area contributed by atoms with Gasteiger partial charge in [0.2, 0.25) is 0 Å². The summed E-state index contributed by atoms with van der Waals surface area (Å²) in [4.78, 5) is 18.9. The summed E-state index contributed by atoms with van der Waals surface area (Å²) < 4.78 is 14.4. The first-order valence-corrected chi connectivity index (χ1v) is 10.6. The highest BCUT2D eigenvalue weighted by Gasteiger charge is 2.44. The number of pyridine rings is 1. The number of nitrogens with zero attached hydrogens (tertiary/aromatic N) is 2. The van der Waals surface area contributed by atoms with Gasteiger partial charge in [0, 0.05) is 59.1 Å². The molecule has 0 spiro atoms. The molecule has 146 valence electrons. The number of ether oxygens (including phenoxy) is 2. The van der Waals surface area contributed by atoms with E-state index in [0.29, 0.717) is 11.8 Å². The van der Waals surface area contributed by atoms with Gasteiger partial charge in [0.05, 0.1) is 18.7 Å². The molecule has 2 aromatic rings. The van der Waals surface area contributed by atoms with Gasteiger partial charge in [0.25, 0.3) is 0 Å². The number of piperidine rings is 3. The fourth-order valence-corrected chi connectivity index (χ4v) is 5.07. The maximum absolute atomic E-state index is 12.0. The molecule has 3 saturated heterocycles. The minimum Gasteiger partial charge on any atom is -0.497 e. The maximum atomic E-state index is 12.0. The zero-order valence-electron chi connectivity index (χ0n) is 16.0. The highest BCUT2D eigenvalue weighted by Crippen LogP contribution is 2.43. The molecular weight excluding hydrogens is 467 g/mol. The van der Waals surface area contributed by atoms with Crippen molar-refractivity contribution in [2.24, 2.45) is 11.8 Å². The zero-order valence-corrected chi connectivity index (χ0v) is 18.2. The van der Waals surface area contributed by atoms with E-state index in [9.17, 15) is 4.79 Å². The van der Waals surface area contributed by atoms with Crippen molar-refractivity contribution >= 4 is 39.5 Å². The van der Waals surface area contributed by atoms with Crippen molar-refractivity contribution in [2.45, 2.75) is 31.9 Å². The molecule has 5 atom stereocenters. The average Bonchev–Trinajstić information content (AvgIpc) is 2.72. The summed E-state index contributed by atoms with van der Waals surface area (Å²) in [5.74, 6) is 4.84. The van der Waals surface area contributed by atoms with E-state index in [1.807, 2.05) is 24.3 Å². The summed E-state index contributed by atoms with van der Waals surface area (Å²) in [6, 6.07) is 7.96. The van der Waals surface area contributed by atoms with E-state index < -0.39 is 0 Å². The van der Waals surface area contributed by atoms with Gasteiger partial charge in [-0.1, -0.05) is 5.92 Å². The molecule has 5 nitrogen and oxygen atoms in total. The molecule has 5 rings (SSSR count). The Morgan fingerprint density at radius 1 is 1.39 bits per heavy atom. The number of carbonyl (C=O) groups excluding carboxylic acids is 1. The smallest absolute Gasteiger partial charge is 0.303 e. The normalized spacial score (nSPS) is 27.0.